The van der Waals surface area contributed by atoms with E-state index in [0.717, 1.165) is 0 Å². The van der Waals surface area contributed by atoms with Gasteiger partial charge in [0.15, 0.2) is 0 Å². The number of carboxylic acid groups (broad SMARTS) is 1. The Morgan fingerprint density at radius 1 is 1.03 bits per heavy atom. The van der Waals surface area contributed by atoms with Gasteiger partial charge in [-0.05, 0) is 42.0 Å². The monoisotopic (exact) mass is 528 g/mol. The van der Waals surface area contributed by atoms with Gasteiger partial charge in [0, 0.05) is 12.2 Å². The number of hydrogen-bond acceptors (Lipinski definition) is 8. The number of amides is 3. The van der Waals surface area contributed by atoms with E-state index in [9.17, 15) is 29.4 Å². The van der Waals surface area contributed by atoms with Gasteiger partial charge in [0.2, 0.25) is 17.7 Å². The molecule has 12 heteroatoms. The van der Waals surface area contributed by atoms with Gasteiger partial charge in [-0.25, -0.2) is 4.79 Å². The van der Waals surface area contributed by atoms with Crippen molar-refractivity contribution in [3.05, 3.63) is 29.8 Å². The predicted octanol–water partition coefficient (Wildman–Crippen LogP) is 0.530. The first-order valence-electron chi connectivity index (χ1n) is 11.3. The van der Waals surface area contributed by atoms with Gasteiger partial charge in [-0.3, -0.25) is 14.4 Å². The lowest BCUT2D eigenvalue weighted by atomic mass is 9.98. The third kappa shape index (κ3) is 10.4. The predicted molar refractivity (Wildman–Crippen MR) is 140 cm³/mol. The fourth-order valence-corrected chi connectivity index (χ4v) is 3.79. The number of carbonyl (C=O) groups excluding carboxylic acids is 3. The maximum absolute atomic E-state index is 13.1. The molecular weight excluding hydrogens is 492 g/mol. The summed E-state index contributed by atoms with van der Waals surface area (Å²) < 4.78 is 0. The van der Waals surface area contributed by atoms with Crippen LogP contribution in [-0.2, 0) is 25.6 Å². The van der Waals surface area contributed by atoms with Crippen molar-refractivity contribution in [2.45, 2.75) is 57.3 Å². The molecule has 0 spiro atoms. The minimum absolute atomic E-state index is 0.0434. The van der Waals surface area contributed by atoms with E-state index in [1.807, 2.05) is 13.2 Å². The van der Waals surface area contributed by atoms with Crippen molar-refractivity contribution in [1.29, 1.82) is 0 Å². The lowest BCUT2D eigenvalue weighted by Gasteiger charge is -2.26. The Kier molecular flexibility index (Phi) is 13.6. The van der Waals surface area contributed by atoms with Crippen molar-refractivity contribution in [2.75, 3.05) is 17.8 Å². The molecule has 0 aliphatic heterocycles. The van der Waals surface area contributed by atoms with Crippen LogP contribution in [0.25, 0.3) is 0 Å². The van der Waals surface area contributed by atoms with Crippen LogP contribution in [0.4, 0.5) is 0 Å². The fourth-order valence-electron chi connectivity index (χ4n) is 3.15. The zero-order valence-electron chi connectivity index (χ0n) is 20.2. The number of benzene rings is 1. The van der Waals surface area contributed by atoms with Crippen molar-refractivity contribution in [2.24, 2.45) is 11.7 Å². The lowest BCUT2D eigenvalue weighted by Crippen LogP contribution is -2.58. The molecule has 0 heterocycles. The smallest absolute Gasteiger partial charge is 0.326 e. The number of nitrogens with two attached hydrogens (primary N) is 1. The molecule has 0 aliphatic rings. The Morgan fingerprint density at radius 3 is 2.11 bits per heavy atom. The lowest BCUT2D eigenvalue weighted by molar-refractivity contribution is -0.143. The van der Waals surface area contributed by atoms with Crippen molar-refractivity contribution in [1.82, 2.24) is 16.0 Å². The number of aliphatic carboxylic acids is 1. The summed E-state index contributed by atoms with van der Waals surface area (Å²) in [4.78, 5) is 50.3. The number of nitrogens with one attached hydrogen (secondary N) is 3. The second kappa shape index (κ2) is 15.5. The fraction of sp³-hybridized carbons (Fsp3) is 0.565. The molecule has 0 saturated carbocycles. The summed E-state index contributed by atoms with van der Waals surface area (Å²) in [5, 5.41) is 26.9. The molecule has 7 N–H and O–H groups in total. The van der Waals surface area contributed by atoms with Gasteiger partial charge in [0.25, 0.3) is 0 Å². The summed E-state index contributed by atoms with van der Waals surface area (Å²) in [6.07, 6.45) is 2.74. The van der Waals surface area contributed by atoms with E-state index in [-0.39, 0.29) is 23.8 Å². The number of thioether (sulfide) groups is 1. The van der Waals surface area contributed by atoms with Crippen LogP contribution in [0.15, 0.2) is 24.3 Å². The summed E-state index contributed by atoms with van der Waals surface area (Å²) >= 11 is 5.50. The second-order valence-corrected chi connectivity index (χ2v) is 9.62. The number of carboxylic acids is 1. The summed E-state index contributed by atoms with van der Waals surface area (Å²) in [5.41, 5.74) is 6.36. The number of phenols is 1. The van der Waals surface area contributed by atoms with Gasteiger partial charge in [0.1, 0.15) is 23.9 Å². The molecule has 10 nitrogen and oxygen atoms in total. The average Bonchev–Trinajstić information content (AvgIpc) is 2.84. The molecule has 0 fully saturated rings. The first-order chi connectivity index (χ1) is 16.5. The number of thiol groups is 1. The summed E-state index contributed by atoms with van der Waals surface area (Å²) in [6.45, 7) is 3.53. The number of carbonyl (C=O) groups is 4. The van der Waals surface area contributed by atoms with Gasteiger partial charge in [-0.15, -0.1) is 0 Å². The van der Waals surface area contributed by atoms with E-state index in [1.54, 1.807) is 19.1 Å². The van der Waals surface area contributed by atoms with Gasteiger partial charge in [-0.1, -0.05) is 32.4 Å². The molecule has 1 rings (SSSR count). The van der Waals surface area contributed by atoms with Crippen LogP contribution in [0, 0.1) is 5.92 Å². The highest BCUT2D eigenvalue weighted by atomic mass is 32.2. The van der Waals surface area contributed by atoms with Crippen LogP contribution in [-0.4, -0.2) is 75.8 Å². The Bertz CT molecular complexity index is 855. The molecule has 5 unspecified atom stereocenters. The SMILES string of the molecule is CCC(C)C(NC(=O)C(Cc1ccc(O)cc1)NC(=O)C(CCSC)NC(=O)C(N)CS)C(=O)O. The van der Waals surface area contributed by atoms with Crippen LogP contribution in [0.1, 0.15) is 32.3 Å². The van der Waals surface area contributed by atoms with Crippen LogP contribution in [0.5, 0.6) is 5.75 Å². The third-order valence-corrected chi connectivity index (χ3v) is 6.60. The molecule has 3 amide bonds. The van der Waals surface area contributed by atoms with E-state index in [1.165, 1.54) is 23.9 Å². The van der Waals surface area contributed by atoms with E-state index in [0.29, 0.717) is 24.2 Å². The largest absolute Gasteiger partial charge is 0.508 e. The molecule has 0 aromatic heterocycles. The molecule has 35 heavy (non-hydrogen) atoms. The summed E-state index contributed by atoms with van der Waals surface area (Å²) in [7, 11) is 0. The van der Waals surface area contributed by atoms with E-state index in [2.05, 4.69) is 28.6 Å². The van der Waals surface area contributed by atoms with Crippen LogP contribution < -0.4 is 21.7 Å². The molecule has 1 aromatic carbocycles. The van der Waals surface area contributed by atoms with Gasteiger partial charge >= 0.3 is 5.97 Å². The molecule has 0 saturated heterocycles. The molecule has 1 aromatic rings. The standard InChI is InChI=1S/C23H36N4O6S2/c1-4-13(2)19(23(32)33)27-22(31)18(11-14-5-7-15(28)8-6-14)26-21(30)17(9-10-35-3)25-20(29)16(24)12-34/h5-8,13,16-19,28,34H,4,9-12,24H2,1-3H3,(H,25,29)(H,26,30)(H,27,31)(H,32,33). The Hall–Kier alpha value is -2.44. The maximum Gasteiger partial charge on any atom is 0.326 e. The zero-order chi connectivity index (χ0) is 26.5. The molecule has 0 bridgehead atoms. The Morgan fingerprint density at radius 2 is 1.60 bits per heavy atom. The number of aromatic hydroxyl groups is 1. The highest BCUT2D eigenvalue weighted by Gasteiger charge is 2.32. The molecule has 0 radical (unpaired) electrons. The average molecular weight is 529 g/mol. The van der Waals surface area contributed by atoms with Crippen LogP contribution in [0.2, 0.25) is 0 Å². The highest BCUT2D eigenvalue weighted by molar-refractivity contribution is 7.98. The topological polar surface area (TPSA) is 171 Å². The van der Waals surface area contributed by atoms with Crippen molar-refractivity contribution in [3.63, 3.8) is 0 Å². The molecular formula is C23H36N4O6S2. The number of phenolic OH excluding ortho intramolecular Hbond substituents is 1. The van der Waals surface area contributed by atoms with Crippen molar-refractivity contribution < 1.29 is 29.4 Å². The van der Waals surface area contributed by atoms with Crippen LogP contribution in [0.3, 0.4) is 0 Å². The molecule has 0 aliphatic carbocycles. The van der Waals surface area contributed by atoms with Gasteiger partial charge < -0.3 is 31.9 Å². The maximum atomic E-state index is 13.1. The number of rotatable bonds is 15. The normalized spacial score (nSPS) is 15.2. The minimum atomic E-state index is -1.17. The first kappa shape index (κ1) is 30.6. The Labute approximate surface area is 215 Å². The Balaban J connectivity index is 3.15. The third-order valence-electron chi connectivity index (χ3n) is 5.56. The molecule has 196 valence electrons. The summed E-state index contributed by atoms with van der Waals surface area (Å²) in [6, 6.07) is 2.01. The molecule has 5 atom stereocenters. The zero-order valence-corrected chi connectivity index (χ0v) is 21.9. The van der Waals surface area contributed by atoms with E-state index >= 15 is 0 Å². The van der Waals surface area contributed by atoms with E-state index in [4.69, 9.17) is 5.73 Å². The highest BCUT2D eigenvalue weighted by Crippen LogP contribution is 2.13. The van der Waals surface area contributed by atoms with Gasteiger partial charge in [0.05, 0.1) is 6.04 Å². The van der Waals surface area contributed by atoms with E-state index < -0.39 is 47.9 Å². The van der Waals surface area contributed by atoms with Crippen LogP contribution >= 0.6 is 24.4 Å². The van der Waals surface area contributed by atoms with Gasteiger partial charge in [-0.2, -0.15) is 24.4 Å². The van der Waals surface area contributed by atoms with Crippen molar-refractivity contribution >= 4 is 48.1 Å². The minimum Gasteiger partial charge on any atom is -0.508 e. The quantitative estimate of drug-likeness (QED) is 0.162. The number of hydrogen-bond donors (Lipinski definition) is 7. The van der Waals surface area contributed by atoms with Crippen molar-refractivity contribution in [3.8, 4) is 5.75 Å². The summed E-state index contributed by atoms with van der Waals surface area (Å²) in [5.74, 6) is -2.59. The first-order valence-corrected chi connectivity index (χ1v) is 13.3. The second-order valence-electron chi connectivity index (χ2n) is 8.27.